The molecule has 3 nitrogen and oxygen atoms in total. The highest BCUT2D eigenvalue weighted by atomic mass is 35.5. The van der Waals surface area contributed by atoms with Gasteiger partial charge in [0.25, 0.3) is 0 Å². The molecule has 0 bridgehead atoms. The standard InChI is InChI=1S/C18H21ClN2OS2/c1-12(23-14-8-6-13(19)7-9-14)18(22)20-11-10-17-21-15-4-2-3-5-16(15)24-17/h6-9,12H,2-5,10-11H2,1H3,(H,20,22). The highest BCUT2D eigenvalue weighted by molar-refractivity contribution is 8.00. The van der Waals surface area contributed by atoms with Gasteiger partial charge in [-0.2, -0.15) is 0 Å². The van der Waals surface area contributed by atoms with E-state index in [9.17, 15) is 4.79 Å². The highest BCUT2D eigenvalue weighted by Gasteiger charge is 2.16. The number of rotatable bonds is 6. The summed E-state index contributed by atoms with van der Waals surface area (Å²) in [5.41, 5.74) is 1.29. The molecule has 1 amide bonds. The van der Waals surface area contributed by atoms with Gasteiger partial charge >= 0.3 is 0 Å². The first-order valence-electron chi connectivity index (χ1n) is 8.29. The van der Waals surface area contributed by atoms with Gasteiger partial charge in [-0.3, -0.25) is 4.79 Å². The van der Waals surface area contributed by atoms with Gasteiger partial charge in [0.1, 0.15) is 0 Å². The van der Waals surface area contributed by atoms with Crippen molar-refractivity contribution in [1.82, 2.24) is 10.3 Å². The summed E-state index contributed by atoms with van der Waals surface area (Å²) in [4.78, 5) is 19.4. The van der Waals surface area contributed by atoms with Crippen LogP contribution in [0.3, 0.4) is 0 Å². The van der Waals surface area contributed by atoms with Gasteiger partial charge in [-0.05, 0) is 56.9 Å². The molecule has 1 unspecified atom stereocenters. The Kier molecular flexibility index (Phi) is 6.19. The summed E-state index contributed by atoms with van der Waals surface area (Å²) in [5.74, 6) is 0.0660. The van der Waals surface area contributed by atoms with E-state index >= 15 is 0 Å². The highest BCUT2D eigenvalue weighted by Crippen LogP contribution is 2.27. The van der Waals surface area contributed by atoms with Crippen LogP contribution in [0, 0.1) is 0 Å². The summed E-state index contributed by atoms with van der Waals surface area (Å²) in [5, 5.41) is 4.76. The summed E-state index contributed by atoms with van der Waals surface area (Å²) in [6.45, 7) is 2.58. The fraction of sp³-hybridized carbons (Fsp3) is 0.444. The van der Waals surface area contributed by atoms with Crippen LogP contribution in [0.15, 0.2) is 29.2 Å². The molecule has 24 heavy (non-hydrogen) atoms. The summed E-state index contributed by atoms with van der Waals surface area (Å²) >= 11 is 9.25. The lowest BCUT2D eigenvalue weighted by atomic mass is 10.0. The monoisotopic (exact) mass is 380 g/mol. The van der Waals surface area contributed by atoms with Gasteiger partial charge in [0.2, 0.25) is 5.91 Å². The number of amides is 1. The Hall–Kier alpha value is -1.04. The number of aryl methyl sites for hydroxylation is 2. The number of fused-ring (bicyclic) bond motifs is 1. The number of thiazole rings is 1. The molecular formula is C18H21ClN2OS2. The number of aromatic nitrogens is 1. The fourth-order valence-corrected chi connectivity index (χ4v) is 4.89. The van der Waals surface area contributed by atoms with Crippen molar-refractivity contribution in [3.8, 4) is 0 Å². The summed E-state index contributed by atoms with van der Waals surface area (Å²) in [7, 11) is 0. The van der Waals surface area contributed by atoms with E-state index in [4.69, 9.17) is 16.6 Å². The van der Waals surface area contributed by atoms with Gasteiger partial charge < -0.3 is 5.32 Å². The number of nitrogens with one attached hydrogen (secondary N) is 1. The molecule has 1 aliphatic carbocycles. The number of benzene rings is 1. The Morgan fingerprint density at radius 3 is 2.83 bits per heavy atom. The second-order valence-corrected chi connectivity index (χ2v) is 8.96. The third-order valence-electron chi connectivity index (χ3n) is 4.02. The smallest absolute Gasteiger partial charge is 0.233 e. The van der Waals surface area contributed by atoms with Gasteiger partial charge in [-0.25, -0.2) is 4.98 Å². The first-order chi connectivity index (χ1) is 11.6. The van der Waals surface area contributed by atoms with Gasteiger partial charge in [0, 0.05) is 27.8 Å². The maximum atomic E-state index is 12.2. The first-order valence-corrected chi connectivity index (χ1v) is 10.4. The molecule has 1 aliphatic rings. The molecule has 128 valence electrons. The van der Waals surface area contributed by atoms with E-state index < -0.39 is 0 Å². The molecule has 2 aromatic rings. The Balaban J connectivity index is 1.44. The van der Waals surface area contributed by atoms with Crippen molar-refractivity contribution in [2.75, 3.05) is 6.54 Å². The topological polar surface area (TPSA) is 42.0 Å². The van der Waals surface area contributed by atoms with Gasteiger partial charge in [0.15, 0.2) is 0 Å². The fourth-order valence-electron chi connectivity index (χ4n) is 2.72. The molecule has 0 radical (unpaired) electrons. The summed E-state index contributed by atoms with van der Waals surface area (Å²) in [6, 6.07) is 7.57. The molecule has 0 aliphatic heterocycles. The zero-order valence-electron chi connectivity index (χ0n) is 13.7. The van der Waals surface area contributed by atoms with Crippen molar-refractivity contribution in [3.63, 3.8) is 0 Å². The van der Waals surface area contributed by atoms with Crippen molar-refractivity contribution >= 4 is 40.6 Å². The normalized spacial score (nSPS) is 14.9. The summed E-state index contributed by atoms with van der Waals surface area (Å²) in [6.07, 6.45) is 5.65. The molecule has 1 aromatic carbocycles. The van der Waals surface area contributed by atoms with Gasteiger partial charge in [0.05, 0.1) is 16.0 Å². The minimum absolute atomic E-state index is 0.0660. The molecule has 6 heteroatoms. The lowest BCUT2D eigenvalue weighted by molar-refractivity contribution is -0.120. The molecule has 1 N–H and O–H groups in total. The number of hydrogen-bond donors (Lipinski definition) is 1. The van der Waals surface area contributed by atoms with E-state index in [1.165, 1.54) is 29.8 Å². The number of thioether (sulfide) groups is 1. The Labute approximate surface area is 156 Å². The van der Waals surface area contributed by atoms with Crippen LogP contribution in [0.4, 0.5) is 0 Å². The van der Waals surface area contributed by atoms with Crippen molar-refractivity contribution in [1.29, 1.82) is 0 Å². The SMILES string of the molecule is CC(Sc1ccc(Cl)cc1)C(=O)NCCc1nc2c(s1)CCCC2. The second kappa shape index (κ2) is 8.37. The van der Waals surface area contributed by atoms with Crippen molar-refractivity contribution in [2.45, 2.75) is 49.2 Å². The van der Waals surface area contributed by atoms with E-state index in [-0.39, 0.29) is 11.2 Å². The number of hydrogen-bond acceptors (Lipinski definition) is 4. The van der Waals surface area contributed by atoms with Crippen LogP contribution in [0.1, 0.15) is 35.3 Å². The third-order valence-corrected chi connectivity index (χ3v) is 6.60. The molecule has 1 heterocycles. The molecule has 0 spiro atoms. The minimum atomic E-state index is -0.129. The number of carbonyl (C=O) groups is 1. The third kappa shape index (κ3) is 4.74. The zero-order chi connectivity index (χ0) is 16.9. The van der Waals surface area contributed by atoms with E-state index in [0.717, 1.165) is 22.7 Å². The van der Waals surface area contributed by atoms with E-state index in [2.05, 4.69) is 5.32 Å². The van der Waals surface area contributed by atoms with E-state index in [1.54, 1.807) is 11.8 Å². The molecular weight excluding hydrogens is 360 g/mol. The molecule has 1 atom stereocenters. The van der Waals surface area contributed by atoms with E-state index in [1.807, 2.05) is 42.5 Å². The number of nitrogens with zero attached hydrogens (tertiary/aromatic N) is 1. The first kappa shape index (κ1) is 17.8. The van der Waals surface area contributed by atoms with E-state index in [0.29, 0.717) is 11.6 Å². The maximum absolute atomic E-state index is 12.2. The van der Waals surface area contributed by atoms with Crippen molar-refractivity contribution in [3.05, 3.63) is 44.9 Å². The molecule has 0 saturated heterocycles. The predicted molar refractivity (Wildman–Crippen MR) is 102 cm³/mol. The zero-order valence-corrected chi connectivity index (χ0v) is 16.1. The Bertz CT molecular complexity index is 676. The predicted octanol–water partition coefficient (Wildman–Crippen LogP) is 4.51. The van der Waals surface area contributed by atoms with Gasteiger partial charge in [-0.1, -0.05) is 11.6 Å². The van der Waals surface area contributed by atoms with Crippen LogP contribution >= 0.6 is 34.7 Å². The minimum Gasteiger partial charge on any atom is -0.355 e. The molecule has 0 fully saturated rings. The van der Waals surface area contributed by atoms with Crippen LogP contribution in [0.5, 0.6) is 0 Å². The van der Waals surface area contributed by atoms with Crippen LogP contribution in [-0.2, 0) is 24.1 Å². The number of halogens is 1. The lowest BCUT2D eigenvalue weighted by Gasteiger charge is -2.11. The largest absolute Gasteiger partial charge is 0.355 e. The molecule has 1 aromatic heterocycles. The lowest BCUT2D eigenvalue weighted by Crippen LogP contribution is -2.32. The Morgan fingerprint density at radius 1 is 1.33 bits per heavy atom. The van der Waals surface area contributed by atoms with Crippen LogP contribution in [0.2, 0.25) is 5.02 Å². The van der Waals surface area contributed by atoms with Crippen molar-refractivity contribution in [2.24, 2.45) is 0 Å². The van der Waals surface area contributed by atoms with Crippen LogP contribution < -0.4 is 5.32 Å². The quantitative estimate of drug-likeness (QED) is 0.749. The van der Waals surface area contributed by atoms with Crippen LogP contribution in [-0.4, -0.2) is 22.7 Å². The number of carbonyl (C=O) groups excluding carboxylic acids is 1. The second-order valence-electron chi connectivity index (χ2n) is 5.94. The van der Waals surface area contributed by atoms with Crippen molar-refractivity contribution < 1.29 is 4.79 Å². The Morgan fingerprint density at radius 2 is 2.08 bits per heavy atom. The van der Waals surface area contributed by atoms with Gasteiger partial charge in [-0.15, -0.1) is 23.1 Å². The molecule has 0 saturated carbocycles. The molecule has 3 rings (SSSR count). The van der Waals surface area contributed by atoms with Crippen LogP contribution in [0.25, 0.3) is 0 Å². The maximum Gasteiger partial charge on any atom is 0.233 e. The summed E-state index contributed by atoms with van der Waals surface area (Å²) < 4.78 is 0. The average molecular weight is 381 g/mol. The average Bonchev–Trinajstić information content (AvgIpc) is 2.99.